The number of carbonyl (C=O) groups is 1. The largest absolute Gasteiger partial charge is 0.369 e. The van der Waals surface area contributed by atoms with Crippen LogP contribution in [0.1, 0.15) is 47.4 Å². The molecule has 1 aliphatic rings. The van der Waals surface area contributed by atoms with Crippen molar-refractivity contribution in [2.75, 3.05) is 0 Å². The SMILES string of the molecule is C[C@@H]1Cc2c(C(=O)NCc3[nH]ncc3Br)n[nH]c2[C@H](C)O1. The van der Waals surface area contributed by atoms with Gasteiger partial charge in [-0.3, -0.25) is 15.0 Å². The van der Waals surface area contributed by atoms with Crippen LogP contribution in [0, 0.1) is 0 Å². The fourth-order valence-electron chi connectivity index (χ4n) is 2.54. The van der Waals surface area contributed by atoms with Gasteiger partial charge in [-0.25, -0.2) is 0 Å². The molecule has 0 aromatic carbocycles. The first-order valence-corrected chi connectivity index (χ1v) is 7.54. The van der Waals surface area contributed by atoms with Crippen molar-refractivity contribution in [3.8, 4) is 0 Å². The van der Waals surface area contributed by atoms with E-state index in [4.69, 9.17) is 4.74 Å². The fraction of sp³-hybridized carbons (Fsp3) is 0.462. The van der Waals surface area contributed by atoms with Crippen LogP contribution in [-0.4, -0.2) is 32.4 Å². The second-order valence-corrected chi connectivity index (χ2v) is 5.99. The Morgan fingerprint density at radius 1 is 1.52 bits per heavy atom. The summed E-state index contributed by atoms with van der Waals surface area (Å²) in [5.74, 6) is -0.199. The predicted molar refractivity (Wildman–Crippen MR) is 78.7 cm³/mol. The van der Waals surface area contributed by atoms with E-state index in [9.17, 15) is 4.79 Å². The van der Waals surface area contributed by atoms with Crippen molar-refractivity contribution in [1.82, 2.24) is 25.7 Å². The number of halogens is 1. The zero-order valence-electron chi connectivity index (χ0n) is 11.7. The highest BCUT2D eigenvalue weighted by molar-refractivity contribution is 9.10. The summed E-state index contributed by atoms with van der Waals surface area (Å²) in [4.78, 5) is 12.3. The summed E-state index contributed by atoms with van der Waals surface area (Å²) in [7, 11) is 0. The molecular weight excluding hydrogens is 338 g/mol. The van der Waals surface area contributed by atoms with Gasteiger partial charge in [0.25, 0.3) is 5.91 Å². The molecule has 0 radical (unpaired) electrons. The number of nitrogens with zero attached hydrogens (tertiary/aromatic N) is 2. The minimum atomic E-state index is -0.199. The lowest BCUT2D eigenvalue weighted by Gasteiger charge is -2.25. The maximum Gasteiger partial charge on any atom is 0.272 e. The van der Waals surface area contributed by atoms with E-state index in [1.807, 2.05) is 13.8 Å². The molecule has 0 unspecified atom stereocenters. The molecule has 0 spiro atoms. The van der Waals surface area contributed by atoms with Crippen molar-refractivity contribution >= 4 is 21.8 Å². The molecule has 3 rings (SSSR count). The van der Waals surface area contributed by atoms with Gasteiger partial charge < -0.3 is 10.1 Å². The molecule has 0 saturated heterocycles. The van der Waals surface area contributed by atoms with Gasteiger partial charge in [-0.15, -0.1) is 0 Å². The molecule has 0 aliphatic carbocycles. The molecule has 2 aromatic heterocycles. The smallest absolute Gasteiger partial charge is 0.272 e. The molecule has 21 heavy (non-hydrogen) atoms. The lowest BCUT2D eigenvalue weighted by Crippen LogP contribution is -2.27. The summed E-state index contributed by atoms with van der Waals surface area (Å²) >= 11 is 3.36. The fourth-order valence-corrected chi connectivity index (χ4v) is 2.87. The van der Waals surface area contributed by atoms with E-state index in [2.05, 4.69) is 41.6 Å². The van der Waals surface area contributed by atoms with Crippen molar-refractivity contribution in [3.63, 3.8) is 0 Å². The number of carbonyl (C=O) groups excluding carboxylic acids is 1. The number of nitrogens with one attached hydrogen (secondary N) is 3. The number of ether oxygens (including phenoxy) is 1. The number of H-pyrrole nitrogens is 2. The van der Waals surface area contributed by atoms with Gasteiger partial charge in [0.15, 0.2) is 5.69 Å². The Hall–Kier alpha value is -1.67. The average molecular weight is 354 g/mol. The standard InChI is InChI=1S/C13H16BrN5O2/c1-6-3-8-11(7(2)21-6)18-19-12(8)13(20)15-5-10-9(14)4-16-17-10/h4,6-7H,3,5H2,1-2H3,(H,15,20)(H,16,17)(H,18,19)/t6-,7+/m1/s1. The Morgan fingerprint density at radius 3 is 3.05 bits per heavy atom. The van der Waals surface area contributed by atoms with E-state index >= 15 is 0 Å². The molecule has 2 aromatic rings. The van der Waals surface area contributed by atoms with Gasteiger partial charge in [-0.05, 0) is 29.8 Å². The zero-order chi connectivity index (χ0) is 15.0. The van der Waals surface area contributed by atoms with Crippen LogP contribution in [-0.2, 0) is 17.7 Å². The second-order valence-electron chi connectivity index (χ2n) is 5.14. The average Bonchev–Trinajstić information content (AvgIpc) is 3.02. The third-order valence-corrected chi connectivity index (χ3v) is 4.22. The Labute approximate surface area is 130 Å². The lowest BCUT2D eigenvalue weighted by molar-refractivity contribution is -0.00697. The lowest BCUT2D eigenvalue weighted by atomic mass is 9.99. The zero-order valence-corrected chi connectivity index (χ0v) is 13.3. The second kappa shape index (κ2) is 5.61. The summed E-state index contributed by atoms with van der Waals surface area (Å²) in [6.45, 7) is 4.31. The minimum Gasteiger partial charge on any atom is -0.369 e. The van der Waals surface area contributed by atoms with E-state index in [1.54, 1.807) is 6.20 Å². The topological polar surface area (TPSA) is 95.7 Å². The van der Waals surface area contributed by atoms with E-state index in [-0.39, 0.29) is 18.1 Å². The summed E-state index contributed by atoms with van der Waals surface area (Å²) < 4.78 is 6.55. The monoisotopic (exact) mass is 353 g/mol. The van der Waals surface area contributed by atoms with E-state index in [0.29, 0.717) is 18.7 Å². The molecule has 2 atom stereocenters. The molecule has 0 fully saturated rings. The number of hydrogen-bond donors (Lipinski definition) is 3. The van der Waals surface area contributed by atoms with Gasteiger partial charge in [-0.1, -0.05) is 0 Å². The number of aromatic nitrogens is 4. The first-order valence-electron chi connectivity index (χ1n) is 6.74. The molecule has 3 heterocycles. The van der Waals surface area contributed by atoms with Gasteiger partial charge in [0.05, 0.1) is 40.8 Å². The Balaban J connectivity index is 1.75. The molecule has 3 N–H and O–H groups in total. The van der Waals surface area contributed by atoms with Crippen LogP contribution in [0.3, 0.4) is 0 Å². The van der Waals surface area contributed by atoms with Crippen LogP contribution in [0.15, 0.2) is 10.7 Å². The van der Waals surface area contributed by atoms with Gasteiger partial charge in [0.2, 0.25) is 0 Å². The van der Waals surface area contributed by atoms with Crippen LogP contribution < -0.4 is 5.32 Å². The maximum absolute atomic E-state index is 12.3. The quantitative estimate of drug-likeness (QED) is 0.784. The van der Waals surface area contributed by atoms with Crippen LogP contribution in [0.4, 0.5) is 0 Å². The number of fused-ring (bicyclic) bond motifs is 1. The van der Waals surface area contributed by atoms with E-state index < -0.39 is 0 Å². The minimum absolute atomic E-state index is 0.0699. The summed E-state index contributed by atoms with van der Waals surface area (Å²) in [6, 6.07) is 0. The summed E-state index contributed by atoms with van der Waals surface area (Å²) in [5, 5.41) is 16.6. The van der Waals surface area contributed by atoms with Gasteiger partial charge in [0.1, 0.15) is 0 Å². The normalized spacial score (nSPS) is 21.1. The predicted octanol–water partition coefficient (Wildman–Crippen LogP) is 1.85. The van der Waals surface area contributed by atoms with E-state index in [1.165, 1.54) is 0 Å². The van der Waals surface area contributed by atoms with Gasteiger partial charge >= 0.3 is 0 Å². The molecule has 0 bridgehead atoms. The third-order valence-electron chi connectivity index (χ3n) is 3.54. The highest BCUT2D eigenvalue weighted by Gasteiger charge is 2.29. The molecule has 1 aliphatic heterocycles. The van der Waals surface area contributed by atoms with Crippen molar-refractivity contribution in [1.29, 1.82) is 0 Å². The van der Waals surface area contributed by atoms with Gasteiger partial charge in [0, 0.05) is 12.0 Å². The van der Waals surface area contributed by atoms with Crippen molar-refractivity contribution < 1.29 is 9.53 Å². The molecule has 7 nitrogen and oxygen atoms in total. The summed E-state index contributed by atoms with van der Waals surface area (Å²) in [5.41, 5.74) is 3.10. The van der Waals surface area contributed by atoms with Crippen molar-refractivity contribution in [3.05, 3.63) is 33.3 Å². The molecule has 0 saturated carbocycles. The number of amides is 1. The highest BCUT2D eigenvalue weighted by atomic mass is 79.9. The van der Waals surface area contributed by atoms with Crippen LogP contribution in [0.25, 0.3) is 0 Å². The molecule has 8 heteroatoms. The highest BCUT2D eigenvalue weighted by Crippen LogP contribution is 2.30. The van der Waals surface area contributed by atoms with Crippen molar-refractivity contribution in [2.45, 2.75) is 39.0 Å². The van der Waals surface area contributed by atoms with Crippen LogP contribution >= 0.6 is 15.9 Å². The summed E-state index contributed by atoms with van der Waals surface area (Å²) in [6.07, 6.45) is 2.35. The number of aromatic amines is 2. The number of rotatable bonds is 3. The van der Waals surface area contributed by atoms with Gasteiger partial charge in [-0.2, -0.15) is 10.2 Å². The maximum atomic E-state index is 12.3. The van der Waals surface area contributed by atoms with Crippen LogP contribution in [0.2, 0.25) is 0 Å². The first kappa shape index (κ1) is 14.3. The Bertz CT molecular complexity index is 665. The number of hydrogen-bond acceptors (Lipinski definition) is 4. The third kappa shape index (κ3) is 2.73. The Kier molecular flexibility index (Phi) is 3.81. The Morgan fingerprint density at radius 2 is 2.33 bits per heavy atom. The molecule has 1 amide bonds. The van der Waals surface area contributed by atoms with E-state index in [0.717, 1.165) is 21.4 Å². The molecular formula is C13H16BrN5O2. The van der Waals surface area contributed by atoms with Crippen molar-refractivity contribution in [2.24, 2.45) is 0 Å². The first-order chi connectivity index (χ1) is 10.1. The van der Waals surface area contributed by atoms with Crippen LogP contribution in [0.5, 0.6) is 0 Å². The molecule has 112 valence electrons.